The van der Waals surface area contributed by atoms with E-state index in [0.717, 1.165) is 13.0 Å². The second-order valence-corrected chi connectivity index (χ2v) is 6.31. The topological polar surface area (TPSA) is 53.9 Å². The van der Waals surface area contributed by atoms with Crippen molar-refractivity contribution in [1.29, 1.82) is 0 Å². The van der Waals surface area contributed by atoms with Crippen molar-refractivity contribution in [2.75, 3.05) is 13.2 Å². The number of rotatable bonds is 4. The van der Waals surface area contributed by atoms with Crippen molar-refractivity contribution in [3.05, 3.63) is 28.5 Å². The number of aliphatic hydroxyl groups is 1. The molecule has 0 fully saturated rings. The normalized spacial score (nSPS) is 19.0. The predicted molar refractivity (Wildman–Crippen MR) is 81.5 cm³/mol. The minimum absolute atomic E-state index is 0.0322. The van der Waals surface area contributed by atoms with Crippen LogP contribution in [0.2, 0.25) is 5.02 Å². The fraction of sp³-hybridized carbons (Fsp3) is 0.533. The third-order valence-electron chi connectivity index (χ3n) is 3.26. The van der Waals surface area contributed by atoms with Crippen LogP contribution in [0.5, 0.6) is 5.75 Å². The third-order valence-corrected chi connectivity index (χ3v) is 3.61. The van der Waals surface area contributed by atoms with Gasteiger partial charge in [-0.3, -0.25) is 0 Å². The Hall–Kier alpha value is -1.33. The summed E-state index contributed by atoms with van der Waals surface area (Å²) in [6, 6.07) is 3.22. The molecule has 0 saturated carbocycles. The van der Waals surface area contributed by atoms with E-state index in [9.17, 15) is 9.50 Å². The third kappa shape index (κ3) is 3.86. The summed E-state index contributed by atoms with van der Waals surface area (Å²) in [5.74, 6) is -0.156. The highest BCUT2D eigenvalue weighted by atomic mass is 35.5. The Balaban J connectivity index is 2.27. The smallest absolute Gasteiger partial charge is 0.154 e. The molecule has 0 radical (unpaired) electrons. The monoisotopic (exact) mass is 314 g/mol. The average molecular weight is 315 g/mol. The number of hydrogen-bond donors (Lipinski definition) is 2. The summed E-state index contributed by atoms with van der Waals surface area (Å²) in [5, 5.41) is 13.7. The highest BCUT2D eigenvalue weighted by molar-refractivity contribution is 6.32. The van der Waals surface area contributed by atoms with Crippen LogP contribution in [0, 0.1) is 11.7 Å². The Morgan fingerprint density at radius 1 is 1.52 bits per heavy atom. The summed E-state index contributed by atoms with van der Waals surface area (Å²) < 4.78 is 19.8. The molecule has 1 aliphatic rings. The van der Waals surface area contributed by atoms with Crippen molar-refractivity contribution >= 4 is 17.3 Å². The molecule has 0 amide bonds. The van der Waals surface area contributed by atoms with Gasteiger partial charge in [-0.15, -0.1) is 0 Å². The van der Waals surface area contributed by atoms with Crippen LogP contribution in [-0.4, -0.2) is 29.6 Å². The number of hydrazone groups is 1. The molecule has 2 rings (SSSR count). The highest BCUT2D eigenvalue weighted by Gasteiger charge is 2.23. The first kappa shape index (κ1) is 16.0. The minimum atomic E-state index is -1.01. The van der Waals surface area contributed by atoms with Gasteiger partial charge in [0.05, 0.1) is 11.3 Å². The maximum Gasteiger partial charge on any atom is 0.154 e. The van der Waals surface area contributed by atoms with Gasteiger partial charge in [-0.2, -0.15) is 5.10 Å². The first-order chi connectivity index (χ1) is 9.79. The number of nitrogens with zero attached hydrogens (tertiary/aromatic N) is 1. The van der Waals surface area contributed by atoms with Crippen LogP contribution in [0.1, 0.15) is 32.8 Å². The quantitative estimate of drug-likeness (QED) is 0.898. The van der Waals surface area contributed by atoms with E-state index in [0.29, 0.717) is 11.3 Å². The zero-order valence-electron chi connectivity index (χ0n) is 12.4. The van der Waals surface area contributed by atoms with Crippen LogP contribution in [0.4, 0.5) is 4.39 Å². The van der Waals surface area contributed by atoms with E-state index in [-0.39, 0.29) is 23.3 Å². The van der Waals surface area contributed by atoms with Gasteiger partial charge in [0.1, 0.15) is 17.4 Å². The van der Waals surface area contributed by atoms with E-state index in [1.165, 1.54) is 0 Å². The minimum Gasteiger partial charge on any atom is -0.489 e. The lowest BCUT2D eigenvalue weighted by Gasteiger charge is -2.22. The van der Waals surface area contributed by atoms with E-state index in [2.05, 4.69) is 10.5 Å². The van der Waals surface area contributed by atoms with Crippen molar-refractivity contribution in [1.82, 2.24) is 5.43 Å². The van der Waals surface area contributed by atoms with Crippen molar-refractivity contribution in [2.24, 2.45) is 11.0 Å². The zero-order chi connectivity index (χ0) is 15.6. The molecule has 0 bridgehead atoms. The van der Waals surface area contributed by atoms with Gasteiger partial charge in [0.2, 0.25) is 0 Å². The molecular weight excluding hydrogens is 295 g/mol. The van der Waals surface area contributed by atoms with Gasteiger partial charge >= 0.3 is 0 Å². The molecule has 116 valence electrons. The maximum absolute atomic E-state index is 14.5. The predicted octanol–water partition coefficient (Wildman–Crippen LogP) is 2.96. The number of hydrogen-bond acceptors (Lipinski definition) is 4. The first-order valence-electron chi connectivity index (χ1n) is 6.93. The number of ether oxygens (including phenoxy) is 1. The largest absolute Gasteiger partial charge is 0.489 e. The van der Waals surface area contributed by atoms with Crippen molar-refractivity contribution < 1.29 is 14.2 Å². The molecule has 4 nitrogen and oxygen atoms in total. The Labute approximate surface area is 129 Å². The Morgan fingerprint density at radius 3 is 2.86 bits per heavy atom. The molecule has 0 aliphatic carbocycles. The van der Waals surface area contributed by atoms with E-state index in [1.54, 1.807) is 26.0 Å². The summed E-state index contributed by atoms with van der Waals surface area (Å²) >= 11 is 6.04. The van der Waals surface area contributed by atoms with E-state index >= 15 is 0 Å². The van der Waals surface area contributed by atoms with Crippen LogP contribution in [0.25, 0.3) is 0 Å². The number of benzene rings is 1. The molecule has 0 saturated heterocycles. The molecule has 1 aromatic rings. The van der Waals surface area contributed by atoms with Gasteiger partial charge in [0.15, 0.2) is 5.82 Å². The van der Waals surface area contributed by atoms with E-state index < -0.39 is 11.4 Å². The van der Waals surface area contributed by atoms with Gasteiger partial charge in [0.25, 0.3) is 0 Å². The molecule has 1 aliphatic heterocycles. The van der Waals surface area contributed by atoms with E-state index in [4.69, 9.17) is 16.3 Å². The Kier molecular flexibility index (Phi) is 4.74. The van der Waals surface area contributed by atoms with Crippen LogP contribution in [-0.2, 0) is 0 Å². The summed E-state index contributed by atoms with van der Waals surface area (Å²) in [5.41, 5.74) is 2.92. The molecule has 6 heteroatoms. The Bertz CT molecular complexity index is 555. The van der Waals surface area contributed by atoms with E-state index in [1.807, 2.05) is 6.92 Å². The molecule has 0 spiro atoms. The summed E-state index contributed by atoms with van der Waals surface area (Å²) in [4.78, 5) is 0. The maximum atomic E-state index is 14.5. The second kappa shape index (κ2) is 6.20. The molecular formula is C15H20ClFN2O2. The number of nitrogens with one attached hydrogen (secondary N) is 1. The van der Waals surface area contributed by atoms with Gasteiger partial charge in [-0.25, -0.2) is 4.39 Å². The summed E-state index contributed by atoms with van der Waals surface area (Å²) in [6.45, 7) is 6.04. The van der Waals surface area contributed by atoms with Gasteiger partial charge in [-0.05, 0) is 32.4 Å². The van der Waals surface area contributed by atoms with Crippen LogP contribution in [0.15, 0.2) is 17.2 Å². The summed E-state index contributed by atoms with van der Waals surface area (Å²) in [7, 11) is 0. The number of halogens is 2. The van der Waals surface area contributed by atoms with Gasteiger partial charge in [-0.1, -0.05) is 18.5 Å². The van der Waals surface area contributed by atoms with Crippen molar-refractivity contribution in [3.8, 4) is 5.75 Å². The zero-order valence-corrected chi connectivity index (χ0v) is 13.2. The molecule has 1 atom stereocenters. The average Bonchev–Trinajstić information content (AvgIpc) is 2.41. The molecule has 1 aromatic carbocycles. The van der Waals surface area contributed by atoms with Gasteiger partial charge < -0.3 is 15.3 Å². The Morgan fingerprint density at radius 2 is 2.24 bits per heavy atom. The SMILES string of the molecule is CC1CCNN=C1c1ccc(OCC(C)(C)O)c(Cl)c1F. The molecule has 21 heavy (non-hydrogen) atoms. The lowest BCUT2D eigenvalue weighted by molar-refractivity contribution is 0.0284. The second-order valence-electron chi connectivity index (χ2n) is 5.94. The lowest BCUT2D eigenvalue weighted by atomic mass is 9.94. The fourth-order valence-electron chi connectivity index (χ4n) is 2.09. The van der Waals surface area contributed by atoms with Crippen molar-refractivity contribution in [3.63, 3.8) is 0 Å². The standard InChI is InChI=1S/C15H20ClFN2O2/c1-9-6-7-18-19-14(9)10-4-5-11(12(16)13(10)17)21-8-15(2,3)20/h4-5,9,18,20H,6-8H2,1-3H3. The summed E-state index contributed by atoms with van der Waals surface area (Å²) in [6.07, 6.45) is 0.896. The highest BCUT2D eigenvalue weighted by Crippen LogP contribution is 2.32. The van der Waals surface area contributed by atoms with Crippen LogP contribution >= 0.6 is 11.6 Å². The first-order valence-corrected chi connectivity index (χ1v) is 7.31. The van der Waals surface area contributed by atoms with Crippen molar-refractivity contribution in [2.45, 2.75) is 32.8 Å². The lowest BCUT2D eigenvalue weighted by Crippen LogP contribution is -2.28. The molecule has 1 unspecified atom stereocenters. The van der Waals surface area contributed by atoms with Crippen LogP contribution < -0.4 is 10.2 Å². The fourth-order valence-corrected chi connectivity index (χ4v) is 2.31. The molecule has 1 heterocycles. The molecule has 0 aromatic heterocycles. The van der Waals surface area contributed by atoms with Gasteiger partial charge in [0, 0.05) is 18.0 Å². The molecule has 2 N–H and O–H groups in total. The van der Waals surface area contributed by atoms with Crippen LogP contribution in [0.3, 0.4) is 0 Å².